The average molecular weight is 299 g/mol. The van der Waals surface area contributed by atoms with Gasteiger partial charge in [0.05, 0.1) is 28.7 Å². The van der Waals surface area contributed by atoms with Crippen molar-refractivity contribution in [1.29, 1.82) is 0 Å². The number of nitrogens with one attached hydrogen (secondary N) is 1. The highest BCUT2D eigenvalue weighted by atomic mass is 32.2. The summed E-state index contributed by atoms with van der Waals surface area (Å²) in [6.45, 7) is 1.69. The number of carboxylic acids is 1. The van der Waals surface area contributed by atoms with Gasteiger partial charge in [0.15, 0.2) is 4.21 Å². The van der Waals surface area contributed by atoms with Crippen LogP contribution in [-0.4, -0.2) is 29.5 Å². The standard InChI is InChI=1S/C10H9N3O4S2/c1-6-12-5-9(18-6)19(16,17)13-8-2-7(10(14)15)3-11-4-8/h2-5,13H,1H3,(H,14,15). The molecule has 0 aromatic carbocycles. The van der Waals surface area contributed by atoms with Crippen LogP contribution in [0.15, 0.2) is 28.9 Å². The summed E-state index contributed by atoms with van der Waals surface area (Å²) >= 11 is 1.03. The van der Waals surface area contributed by atoms with Crippen molar-refractivity contribution in [3.63, 3.8) is 0 Å². The number of aryl methyl sites for hydroxylation is 1. The molecule has 0 saturated heterocycles. The maximum absolute atomic E-state index is 12.0. The zero-order valence-corrected chi connectivity index (χ0v) is 11.3. The monoisotopic (exact) mass is 299 g/mol. The van der Waals surface area contributed by atoms with Gasteiger partial charge in [-0.25, -0.2) is 18.2 Å². The molecule has 0 aliphatic heterocycles. The van der Waals surface area contributed by atoms with Gasteiger partial charge >= 0.3 is 5.97 Å². The van der Waals surface area contributed by atoms with Crippen molar-refractivity contribution >= 4 is 33.0 Å². The molecule has 2 aromatic heterocycles. The van der Waals surface area contributed by atoms with Crippen LogP contribution in [0.5, 0.6) is 0 Å². The number of sulfonamides is 1. The quantitative estimate of drug-likeness (QED) is 0.881. The predicted molar refractivity (Wildman–Crippen MR) is 68.9 cm³/mol. The molecule has 19 heavy (non-hydrogen) atoms. The molecule has 2 rings (SSSR count). The van der Waals surface area contributed by atoms with Crippen LogP contribution in [0.4, 0.5) is 5.69 Å². The number of thiazole rings is 1. The van der Waals surface area contributed by atoms with Gasteiger partial charge in [-0.05, 0) is 13.0 Å². The highest BCUT2D eigenvalue weighted by Gasteiger charge is 2.18. The van der Waals surface area contributed by atoms with Crippen molar-refractivity contribution in [2.24, 2.45) is 0 Å². The van der Waals surface area contributed by atoms with E-state index < -0.39 is 16.0 Å². The lowest BCUT2D eigenvalue weighted by molar-refractivity contribution is 0.0696. The van der Waals surface area contributed by atoms with Gasteiger partial charge in [-0.2, -0.15) is 0 Å². The van der Waals surface area contributed by atoms with E-state index in [4.69, 9.17) is 5.11 Å². The number of hydrogen-bond donors (Lipinski definition) is 2. The van der Waals surface area contributed by atoms with Crippen molar-refractivity contribution in [2.45, 2.75) is 11.1 Å². The summed E-state index contributed by atoms with van der Waals surface area (Å²) in [5, 5.41) is 9.43. The number of carboxylic acid groups (broad SMARTS) is 1. The second-order valence-electron chi connectivity index (χ2n) is 3.57. The molecule has 0 spiro atoms. The zero-order chi connectivity index (χ0) is 14.0. The molecule has 2 heterocycles. The molecule has 0 atom stereocenters. The van der Waals surface area contributed by atoms with E-state index in [1.807, 2.05) is 0 Å². The van der Waals surface area contributed by atoms with Crippen LogP contribution in [0.25, 0.3) is 0 Å². The molecule has 7 nitrogen and oxygen atoms in total. The highest BCUT2D eigenvalue weighted by Crippen LogP contribution is 2.21. The summed E-state index contributed by atoms with van der Waals surface area (Å²) in [6.07, 6.45) is 3.62. The molecule has 2 N–H and O–H groups in total. The van der Waals surface area contributed by atoms with E-state index in [0.29, 0.717) is 5.01 Å². The Balaban J connectivity index is 2.30. The van der Waals surface area contributed by atoms with E-state index in [2.05, 4.69) is 14.7 Å². The first kappa shape index (κ1) is 13.4. The second-order valence-corrected chi connectivity index (χ2v) is 6.72. The van der Waals surface area contributed by atoms with E-state index in [9.17, 15) is 13.2 Å². The van der Waals surface area contributed by atoms with Crippen LogP contribution >= 0.6 is 11.3 Å². The van der Waals surface area contributed by atoms with E-state index in [0.717, 1.165) is 17.5 Å². The second kappa shape index (κ2) is 4.94. The molecule has 0 aliphatic carbocycles. The summed E-state index contributed by atoms with van der Waals surface area (Å²) in [5.41, 5.74) is -0.00774. The van der Waals surface area contributed by atoms with Gasteiger partial charge in [-0.15, -0.1) is 11.3 Å². The fourth-order valence-electron chi connectivity index (χ4n) is 1.28. The highest BCUT2D eigenvalue weighted by molar-refractivity contribution is 7.94. The molecule has 9 heteroatoms. The molecular formula is C10H9N3O4S2. The first-order valence-corrected chi connectivity index (χ1v) is 7.32. The van der Waals surface area contributed by atoms with Crippen LogP contribution in [0.2, 0.25) is 0 Å². The predicted octanol–water partition coefficient (Wildman–Crippen LogP) is 1.35. The van der Waals surface area contributed by atoms with Crippen LogP contribution in [0.3, 0.4) is 0 Å². The van der Waals surface area contributed by atoms with E-state index in [-0.39, 0.29) is 15.5 Å². The third-order valence-electron chi connectivity index (χ3n) is 2.10. The van der Waals surface area contributed by atoms with Crippen LogP contribution in [0, 0.1) is 6.92 Å². The smallest absolute Gasteiger partial charge is 0.337 e. The lowest BCUT2D eigenvalue weighted by Crippen LogP contribution is -2.12. The number of aromatic nitrogens is 2. The molecule has 0 radical (unpaired) electrons. The fourth-order valence-corrected chi connectivity index (χ4v) is 3.43. The minimum atomic E-state index is -3.76. The first-order valence-electron chi connectivity index (χ1n) is 5.02. The van der Waals surface area contributed by atoms with Gasteiger partial charge in [0, 0.05) is 6.20 Å². The van der Waals surface area contributed by atoms with E-state index >= 15 is 0 Å². The Morgan fingerprint density at radius 3 is 2.68 bits per heavy atom. The van der Waals surface area contributed by atoms with Gasteiger partial charge in [-0.1, -0.05) is 0 Å². The summed E-state index contributed by atoms with van der Waals surface area (Å²) in [5.74, 6) is -1.18. The molecular weight excluding hydrogens is 290 g/mol. The fraction of sp³-hybridized carbons (Fsp3) is 0.100. The van der Waals surface area contributed by atoms with E-state index in [1.54, 1.807) is 6.92 Å². The molecule has 0 amide bonds. The molecule has 0 aliphatic rings. The average Bonchev–Trinajstić information content (AvgIpc) is 2.76. The maximum Gasteiger partial charge on any atom is 0.337 e. The number of carbonyl (C=O) groups is 1. The van der Waals surface area contributed by atoms with Crippen LogP contribution < -0.4 is 4.72 Å². The van der Waals surface area contributed by atoms with E-state index in [1.165, 1.54) is 18.5 Å². The van der Waals surface area contributed by atoms with Gasteiger partial charge in [0.1, 0.15) is 0 Å². The Morgan fingerprint density at radius 2 is 2.11 bits per heavy atom. The van der Waals surface area contributed by atoms with Crippen LogP contribution in [0.1, 0.15) is 15.4 Å². The topological polar surface area (TPSA) is 109 Å². The number of aromatic carboxylic acids is 1. The summed E-state index contributed by atoms with van der Waals surface area (Å²) < 4.78 is 26.3. The third-order valence-corrected chi connectivity index (χ3v) is 4.86. The molecule has 0 unspecified atom stereocenters. The lowest BCUT2D eigenvalue weighted by atomic mass is 10.3. The lowest BCUT2D eigenvalue weighted by Gasteiger charge is -2.05. The minimum Gasteiger partial charge on any atom is -0.478 e. The Kier molecular flexibility index (Phi) is 3.49. The molecule has 2 aromatic rings. The summed E-state index contributed by atoms with van der Waals surface area (Å²) in [4.78, 5) is 18.3. The van der Waals surface area contributed by atoms with Gasteiger partial charge in [0.2, 0.25) is 0 Å². The van der Waals surface area contributed by atoms with Crippen molar-refractivity contribution in [1.82, 2.24) is 9.97 Å². The minimum absolute atomic E-state index is 0.0609. The first-order chi connectivity index (χ1) is 8.88. The third kappa shape index (κ3) is 3.06. The van der Waals surface area contributed by atoms with Gasteiger partial charge < -0.3 is 5.11 Å². The van der Waals surface area contributed by atoms with Crippen molar-refractivity contribution < 1.29 is 18.3 Å². The number of hydrogen-bond acceptors (Lipinski definition) is 6. The molecule has 0 fully saturated rings. The number of rotatable bonds is 4. The van der Waals surface area contributed by atoms with Gasteiger partial charge in [0.25, 0.3) is 10.0 Å². The maximum atomic E-state index is 12.0. The Labute approximate surface area is 113 Å². The zero-order valence-electron chi connectivity index (χ0n) is 9.69. The molecule has 0 bridgehead atoms. The number of pyridine rings is 1. The van der Waals surface area contributed by atoms with Gasteiger partial charge in [-0.3, -0.25) is 9.71 Å². The Hall–Kier alpha value is -2.00. The normalized spacial score (nSPS) is 11.2. The largest absolute Gasteiger partial charge is 0.478 e. The molecule has 0 saturated carbocycles. The number of anilines is 1. The number of nitrogens with zero attached hydrogens (tertiary/aromatic N) is 2. The van der Waals surface area contributed by atoms with Crippen molar-refractivity contribution in [3.05, 3.63) is 35.2 Å². The van der Waals surface area contributed by atoms with Crippen molar-refractivity contribution in [2.75, 3.05) is 4.72 Å². The SMILES string of the molecule is Cc1ncc(S(=O)(=O)Nc2cncc(C(=O)O)c2)s1. The Bertz CT molecular complexity index is 724. The Morgan fingerprint density at radius 1 is 1.37 bits per heavy atom. The summed E-state index contributed by atoms with van der Waals surface area (Å²) in [6, 6.07) is 1.20. The van der Waals surface area contributed by atoms with Crippen LogP contribution in [-0.2, 0) is 10.0 Å². The summed E-state index contributed by atoms with van der Waals surface area (Å²) in [7, 11) is -3.76. The van der Waals surface area contributed by atoms with Crippen molar-refractivity contribution in [3.8, 4) is 0 Å². The molecule has 100 valence electrons.